The third-order valence-corrected chi connectivity index (χ3v) is 3.46. The van der Waals surface area contributed by atoms with Crippen LogP contribution in [-0.4, -0.2) is 25.7 Å². The van der Waals surface area contributed by atoms with Crippen LogP contribution in [0.15, 0.2) is 12.2 Å². The molecule has 17 heavy (non-hydrogen) atoms. The van der Waals surface area contributed by atoms with Crippen molar-refractivity contribution in [3.8, 4) is 0 Å². The Bertz CT molecular complexity index is 271. The van der Waals surface area contributed by atoms with E-state index in [0.29, 0.717) is 0 Å². The molecule has 0 aromatic carbocycles. The summed E-state index contributed by atoms with van der Waals surface area (Å²) in [7, 11) is 0. The van der Waals surface area contributed by atoms with Crippen molar-refractivity contribution in [2.24, 2.45) is 11.8 Å². The highest BCUT2D eigenvalue weighted by molar-refractivity contribution is 5.78. The molecule has 0 aromatic heterocycles. The largest absolute Gasteiger partial charge is 0.381 e. The summed E-state index contributed by atoms with van der Waals surface area (Å²) in [5, 5.41) is 3.00. The molecule has 1 amide bonds. The van der Waals surface area contributed by atoms with Crippen LogP contribution in [0.1, 0.15) is 38.5 Å². The summed E-state index contributed by atoms with van der Waals surface area (Å²) in [5.41, 5.74) is 0. The SMILES string of the molecule is O=C(NCCCOCC1CC1)C1CC=CCC1. The number of carbonyl (C=O) groups excluding carboxylic acids is 1. The first kappa shape index (κ1) is 12.6. The zero-order chi connectivity index (χ0) is 11.9. The molecule has 3 nitrogen and oxygen atoms in total. The standard InChI is InChI=1S/C14H23NO2/c16-14(13-5-2-1-3-6-13)15-9-4-10-17-11-12-7-8-12/h1-2,12-13H,3-11H2,(H,15,16). The van der Waals surface area contributed by atoms with Crippen molar-refractivity contribution in [2.45, 2.75) is 38.5 Å². The summed E-state index contributed by atoms with van der Waals surface area (Å²) in [6.45, 7) is 2.45. The summed E-state index contributed by atoms with van der Waals surface area (Å²) in [5.74, 6) is 1.25. The van der Waals surface area contributed by atoms with Crippen molar-refractivity contribution in [3.63, 3.8) is 0 Å². The minimum absolute atomic E-state index is 0.201. The van der Waals surface area contributed by atoms with E-state index in [1.807, 2.05) is 0 Å². The number of nitrogens with one attached hydrogen (secondary N) is 1. The van der Waals surface area contributed by atoms with Crippen molar-refractivity contribution < 1.29 is 9.53 Å². The summed E-state index contributed by atoms with van der Waals surface area (Å²) < 4.78 is 5.52. The van der Waals surface area contributed by atoms with Crippen molar-refractivity contribution in [1.29, 1.82) is 0 Å². The predicted octanol–water partition coefficient (Wildman–Crippen LogP) is 2.28. The Balaban J connectivity index is 1.46. The van der Waals surface area contributed by atoms with Crippen LogP contribution in [0, 0.1) is 11.8 Å². The zero-order valence-electron chi connectivity index (χ0n) is 10.5. The Labute approximate surface area is 104 Å². The van der Waals surface area contributed by atoms with Gasteiger partial charge in [-0.2, -0.15) is 0 Å². The van der Waals surface area contributed by atoms with Gasteiger partial charge in [-0.05, 0) is 44.4 Å². The van der Waals surface area contributed by atoms with Gasteiger partial charge in [-0.15, -0.1) is 0 Å². The number of hydrogen-bond acceptors (Lipinski definition) is 2. The first-order valence-corrected chi connectivity index (χ1v) is 6.86. The van der Waals surface area contributed by atoms with Gasteiger partial charge < -0.3 is 10.1 Å². The quantitative estimate of drug-likeness (QED) is 0.545. The van der Waals surface area contributed by atoms with E-state index < -0.39 is 0 Å². The molecule has 0 heterocycles. The zero-order valence-corrected chi connectivity index (χ0v) is 10.5. The number of hydrogen-bond donors (Lipinski definition) is 1. The van der Waals surface area contributed by atoms with Gasteiger partial charge in [0, 0.05) is 25.7 Å². The number of carbonyl (C=O) groups is 1. The van der Waals surface area contributed by atoms with Gasteiger partial charge in [0.1, 0.15) is 0 Å². The average molecular weight is 237 g/mol. The average Bonchev–Trinajstić information content (AvgIpc) is 3.18. The fourth-order valence-corrected chi connectivity index (χ4v) is 2.10. The smallest absolute Gasteiger partial charge is 0.223 e. The maximum Gasteiger partial charge on any atom is 0.223 e. The van der Waals surface area contributed by atoms with Gasteiger partial charge >= 0.3 is 0 Å². The van der Waals surface area contributed by atoms with Crippen LogP contribution in [0.2, 0.25) is 0 Å². The maximum atomic E-state index is 11.8. The molecule has 3 heteroatoms. The Hall–Kier alpha value is -0.830. The van der Waals surface area contributed by atoms with E-state index in [1.165, 1.54) is 12.8 Å². The Kier molecular flexibility index (Phi) is 5.05. The molecule has 2 aliphatic rings. The van der Waals surface area contributed by atoms with Crippen LogP contribution in [-0.2, 0) is 9.53 Å². The third-order valence-electron chi connectivity index (χ3n) is 3.46. The molecule has 0 spiro atoms. The number of allylic oxidation sites excluding steroid dienone is 2. The highest BCUT2D eigenvalue weighted by atomic mass is 16.5. The van der Waals surface area contributed by atoms with Gasteiger partial charge in [0.15, 0.2) is 0 Å². The molecule has 1 N–H and O–H groups in total. The molecule has 0 aromatic rings. The monoisotopic (exact) mass is 237 g/mol. The van der Waals surface area contributed by atoms with E-state index in [0.717, 1.165) is 51.4 Å². The molecule has 0 bridgehead atoms. The minimum atomic E-state index is 0.201. The Morgan fingerprint density at radius 2 is 2.18 bits per heavy atom. The van der Waals surface area contributed by atoms with Crippen LogP contribution in [0.25, 0.3) is 0 Å². The fraction of sp³-hybridized carbons (Fsp3) is 0.786. The van der Waals surface area contributed by atoms with E-state index in [-0.39, 0.29) is 11.8 Å². The van der Waals surface area contributed by atoms with E-state index >= 15 is 0 Å². The van der Waals surface area contributed by atoms with Crippen molar-refractivity contribution in [1.82, 2.24) is 5.32 Å². The third kappa shape index (κ3) is 4.90. The molecule has 1 unspecified atom stereocenters. The highest BCUT2D eigenvalue weighted by Crippen LogP contribution is 2.28. The first-order chi connectivity index (χ1) is 8.36. The van der Waals surface area contributed by atoms with Gasteiger partial charge in [-0.1, -0.05) is 12.2 Å². The lowest BCUT2D eigenvalue weighted by atomic mass is 9.94. The van der Waals surface area contributed by atoms with Gasteiger partial charge in [-0.3, -0.25) is 4.79 Å². The lowest BCUT2D eigenvalue weighted by Gasteiger charge is -2.17. The van der Waals surface area contributed by atoms with Crippen molar-refractivity contribution in [3.05, 3.63) is 12.2 Å². The lowest BCUT2D eigenvalue weighted by Crippen LogP contribution is -2.32. The van der Waals surface area contributed by atoms with Crippen LogP contribution < -0.4 is 5.32 Å². The summed E-state index contributed by atoms with van der Waals surface area (Å²) in [6, 6.07) is 0. The molecular weight excluding hydrogens is 214 g/mol. The minimum Gasteiger partial charge on any atom is -0.381 e. The maximum absolute atomic E-state index is 11.8. The molecule has 0 saturated heterocycles. The molecule has 96 valence electrons. The summed E-state index contributed by atoms with van der Waals surface area (Å²) >= 11 is 0. The Morgan fingerprint density at radius 3 is 2.88 bits per heavy atom. The Morgan fingerprint density at radius 1 is 1.29 bits per heavy atom. The van der Waals surface area contributed by atoms with Gasteiger partial charge in [0.2, 0.25) is 5.91 Å². The topological polar surface area (TPSA) is 38.3 Å². The normalized spacial score (nSPS) is 23.6. The van der Waals surface area contributed by atoms with Gasteiger partial charge in [0.25, 0.3) is 0 Å². The van der Waals surface area contributed by atoms with Crippen molar-refractivity contribution in [2.75, 3.05) is 19.8 Å². The van der Waals surface area contributed by atoms with Gasteiger partial charge in [0.05, 0.1) is 0 Å². The molecular formula is C14H23NO2. The summed E-state index contributed by atoms with van der Waals surface area (Å²) in [4.78, 5) is 11.8. The number of rotatable bonds is 7. The number of amides is 1. The van der Waals surface area contributed by atoms with Gasteiger partial charge in [-0.25, -0.2) is 0 Å². The molecule has 1 saturated carbocycles. The second-order valence-corrected chi connectivity index (χ2v) is 5.14. The van der Waals surface area contributed by atoms with Crippen LogP contribution >= 0.6 is 0 Å². The second-order valence-electron chi connectivity index (χ2n) is 5.14. The van der Waals surface area contributed by atoms with Crippen molar-refractivity contribution >= 4 is 5.91 Å². The van der Waals surface area contributed by atoms with Crippen LogP contribution in [0.5, 0.6) is 0 Å². The fourth-order valence-electron chi connectivity index (χ4n) is 2.10. The highest BCUT2D eigenvalue weighted by Gasteiger charge is 2.21. The molecule has 0 aliphatic heterocycles. The molecule has 2 rings (SSSR count). The molecule has 2 aliphatic carbocycles. The lowest BCUT2D eigenvalue weighted by molar-refractivity contribution is -0.125. The van der Waals surface area contributed by atoms with E-state index in [1.54, 1.807) is 0 Å². The molecule has 0 radical (unpaired) electrons. The van der Waals surface area contributed by atoms with E-state index in [4.69, 9.17) is 4.74 Å². The van der Waals surface area contributed by atoms with E-state index in [9.17, 15) is 4.79 Å². The second kappa shape index (κ2) is 6.80. The first-order valence-electron chi connectivity index (χ1n) is 6.86. The van der Waals surface area contributed by atoms with E-state index in [2.05, 4.69) is 17.5 Å². The summed E-state index contributed by atoms with van der Waals surface area (Å²) in [6.07, 6.45) is 10.8. The number of ether oxygens (including phenoxy) is 1. The van der Waals surface area contributed by atoms with Crippen LogP contribution in [0.3, 0.4) is 0 Å². The van der Waals surface area contributed by atoms with Crippen LogP contribution in [0.4, 0.5) is 0 Å². The molecule has 1 fully saturated rings. The molecule has 1 atom stereocenters. The predicted molar refractivity (Wildman–Crippen MR) is 67.7 cm³/mol.